The summed E-state index contributed by atoms with van der Waals surface area (Å²) in [4.78, 5) is 11.6. The lowest BCUT2D eigenvalue weighted by molar-refractivity contribution is -0.126. The molecule has 0 aromatic rings. The van der Waals surface area contributed by atoms with Crippen LogP contribution >= 0.6 is 12.4 Å². The third-order valence-corrected chi connectivity index (χ3v) is 2.73. The van der Waals surface area contributed by atoms with Crippen LogP contribution in [0.15, 0.2) is 0 Å². The number of piperidine rings is 1. The van der Waals surface area contributed by atoms with Crippen molar-refractivity contribution in [3.05, 3.63) is 0 Å². The van der Waals surface area contributed by atoms with Crippen LogP contribution in [-0.4, -0.2) is 30.6 Å². The fourth-order valence-electron chi connectivity index (χ4n) is 1.54. The van der Waals surface area contributed by atoms with Gasteiger partial charge in [0, 0.05) is 12.6 Å². The van der Waals surface area contributed by atoms with E-state index in [1.54, 1.807) is 13.8 Å². The lowest BCUT2D eigenvalue weighted by atomic mass is 9.93. The van der Waals surface area contributed by atoms with Crippen molar-refractivity contribution in [1.82, 2.24) is 10.6 Å². The largest absolute Gasteiger partial charge is 0.350 e. The van der Waals surface area contributed by atoms with Gasteiger partial charge in [-0.2, -0.15) is 0 Å². The van der Waals surface area contributed by atoms with Gasteiger partial charge in [0.25, 0.3) is 0 Å². The number of hydrogen-bond donors (Lipinski definition) is 3. The summed E-state index contributed by atoms with van der Waals surface area (Å²) in [5.74, 6) is 0.459. The summed E-state index contributed by atoms with van der Waals surface area (Å²) in [5, 5.41) is 6.25. The number of halogens is 1. The second-order valence-corrected chi connectivity index (χ2v) is 4.77. The van der Waals surface area contributed by atoms with Crippen LogP contribution in [0.2, 0.25) is 0 Å². The lowest BCUT2D eigenvalue weighted by Crippen LogP contribution is -2.57. The summed E-state index contributed by atoms with van der Waals surface area (Å²) in [6.07, 6.45) is 1.11. The number of hydrogen-bond acceptors (Lipinski definition) is 3. The molecule has 5 heteroatoms. The zero-order valence-electron chi connectivity index (χ0n) is 9.67. The molecule has 4 N–H and O–H groups in total. The van der Waals surface area contributed by atoms with Crippen molar-refractivity contribution in [3.63, 3.8) is 0 Å². The van der Waals surface area contributed by atoms with Gasteiger partial charge in [0.05, 0.1) is 5.54 Å². The molecule has 90 valence electrons. The molecule has 1 aliphatic rings. The maximum atomic E-state index is 11.6. The van der Waals surface area contributed by atoms with E-state index in [9.17, 15) is 4.79 Å². The minimum atomic E-state index is -0.781. The summed E-state index contributed by atoms with van der Waals surface area (Å²) in [6.45, 7) is 7.50. The minimum Gasteiger partial charge on any atom is -0.350 e. The third kappa shape index (κ3) is 4.36. The van der Waals surface area contributed by atoms with Crippen LogP contribution in [-0.2, 0) is 4.79 Å². The average Bonchev–Trinajstić information content (AvgIpc) is 2.07. The van der Waals surface area contributed by atoms with E-state index in [4.69, 9.17) is 5.73 Å². The summed E-state index contributed by atoms with van der Waals surface area (Å²) >= 11 is 0. The van der Waals surface area contributed by atoms with Crippen LogP contribution in [0, 0.1) is 5.92 Å². The molecule has 2 atom stereocenters. The van der Waals surface area contributed by atoms with E-state index in [2.05, 4.69) is 17.6 Å². The highest BCUT2D eigenvalue weighted by Crippen LogP contribution is 2.12. The summed E-state index contributed by atoms with van der Waals surface area (Å²) in [6, 6.07) is 0.221. The van der Waals surface area contributed by atoms with E-state index in [-0.39, 0.29) is 24.4 Å². The van der Waals surface area contributed by atoms with Crippen LogP contribution in [0.1, 0.15) is 27.2 Å². The number of nitrogens with two attached hydrogens (primary N) is 1. The Kier molecular flexibility index (Phi) is 5.56. The van der Waals surface area contributed by atoms with Crippen molar-refractivity contribution in [1.29, 1.82) is 0 Å². The van der Waals surface area contributed by atoms with Gasteiger partial charge in [-0.1, -0.05) is 6.92 Å². The number of amides is 1. The van der Waals surface area contributed by atoms with Crippen molar-refractivity contribution >= 4 is 18.3 Å². The zero-order chi connectivity index (χ0) is 10.8. The molecule has 1 heterocycles. The normalized spacial score (nSPS) is 26.7. The first kappa shape index (κ1) is 14.7. The van der Waals surface area contributed by atoms with Gasteiger partial charge in [-0.05, 0) is 32.7 Å². The third-order valence-electron chi connectivity index (χ3n) is 2.73. The van der Waals surface area contributed by atoms with Crippen LogP contribution in [0.3, 0.4) is 0 Å². The van der Waals surface area contributed by atoms with E-state index < -0.39 is 5.54 Å². The summed E-state index contributed by atoms with van der Waals surface area (Å²) in [5.41, 5.74) is 4.93. The van der Waals surface area contributed by atoms with Gasteiger partial charge in [0.15, 0.2) is 0 Å². The number of carbonyl (C=O) groups is 1. The number of carbonyl (C=O) groups excluding carboxylic acids is 1. The van der Waals surface area contributed by atoms with Gasteiger partial charge >= 0.3 is 0 Å². The molecule has 0 spiro atoms. The second-order valence-electron chi connectivity index (χ2n) is 4.77. The van der Waals surface area contributed by atoms with Crippen LogP contribution in [0.25, 0.3) is 0 Å². The van der Waals surface area contributed by atoms with Gasteiger partial charge < -0.3 is 16.4 Å². The average molecular weight is 236 g/mol. The van der Waals surface area contributed by atoms with E-state index in [1.165, 1.54) is 0 Å². The Morgan fingerprint density at radius 3 is 2.60 bits per heavy atom. The monoisotopic (exact) mass is 235 g/mol. The Balaban J connectivity index is 0.00000196. The Labute approximate surface area is 97.8 Å². The number of nitrogens with one attached hydrogen (secondary N) is 2. The topological polar surface area (TPSA) is 67.1 Å². The van der Waals surface area contributed by atoms with Crippen molar-refractivity contribution < 1.29 is 4.79 Å². The molecule has 1 aliphatic heterocycles. The Hall–Kier alpha value is -0.320. The first-order valence-electron chi connectivity index (χ1n) is 5.22. The summed E-state index contributed by atoms with van der Waals surface area (Å²) < 4.78 is 0. The molecule has 4 nitrogen and oxygen atoms in total. The first-order chi connectivity index (χ1) is 6.41. The summed E-state index contributed by atoms with van der Waals surface area (Å²) in [7, 11) is 0. The minimum absolute atomic E-state index is 0. The second kappa shape index (κ2) is 5.68. The van der Waals surface area contributed by atoms with Gasteiger partial charge in [-0.3, -0.25) is 4.79 Å². The van der Waals surface area contributed by atoms with Gasteiger partial charge in [-0.25, -0.2) is 0 Å². The molecule has 1 amide bonds. The molecular formula is C10H22ClN3O. The molecule has 2 unspecified atom stereocenters. The van der Waals surface area contributed by atoms with E-state index in [1.807, 2.05) is 0 Å². The van der Waals surface area contributed by atoms with Gasteiger partial charge in [0.2, 0.25) is 5.91 Å². The molecule has 0 aliphatic carbocycles. The Bertz CT molecular complexity index is 215. The van der Waals surface area contributed by atoms with E-state index in [0.717, 1.165) is 19.5 Å². The molecule has 0 radical (unpaired) electrons. The molecule has 0 aromatic carbocycles. The van der Waals surface area contributed by atoms with Crippen molar-refractivity contribution in [2.45, 2.75) is 38.8 Å². The predicted molar refractivity (Wildman–Crippen MR) is 64.1 cm³/mol. The van der Waals surface area contributed by atoms with Crippen LogP contribution in [0.4, 0.5) is 0 Å². The molecule has 1 saturated heterocycles. The maximum absolute atomic E-state index is 11.6. The van der Waals surface area contributed by atoms with Crippen LogP contribution in [0.5, 0.6) is 0 Å². The standard InChI is InChI=1S/C10H21N3O.ClH/c1-7-4-5-12-6-8(7)13-9(14)10(2,3)11;/h7-8,12H,4-6,11H2,1-3H3,(H,13,14);1H. The smallest absolute Gasteiger partial charge is 0.239 e. The lowest BCUT2D eigenvalue weighted by Gasteiger charge is -2.32. The Morgan fingerprint density at radius 2 is 2.13 bits per heavy atom. The molecule has 1 rings (SSSR count). The quantitative estimate of drug-likeness (QED) is 0.643. The first-order valence-corrected chi connectivity index (χ1v) is 5.22. The SMILES string of the molecule is CC1CCNCC1NC(=O)C(C)(C)N.Cl. The highest BCUT2D eigenvalue weighted by atomic mass is 35.5. The highest BCUT2D eigenvalue weighted by molar-refractivity contribution is 5.85. The van der Waals surface area contributed by atoms with Gasteiger partial charge in [0.1, 0.15) is 0 Å². The fourth-order valence-corrected chi connectivity index (χ4v) is 1.54. The van der Waals surface area contributed by atoms with E-state index in [0.29, 0.717) is 5.92 Å². The van der Waals surface area contributed by atoms with Crippen LogP contribution < -0.4 is 16.4 Å². The molecule has 15 heavy (non-hydrogen) atoms. The number of rotatable bonds is 2. The zero-order valence-corrected chi connectivity index (χ0v) is 10.5. The predicted octanol–water partition coefficient (Wildman–Crippen LogP) is 0.260. The van der Waals surface area contributed by atoms with Crippen molar-refractivity contribution in [3.8, 4) is 0 Å². The molecule has 0 bridgehead atoms. The fraction of sp³-hybridized carbons (Fsp3) is 0.900. The molecular weight excluding hydrogens is 214 g/mol. The molecule has 0 saturated carbocycles. The van der Waals surface area contributed by atoms with Gasteiger partial charge in [-0.15, -0.1) is 12.4 Å². The molecule has 0 aromatic heterocycles. The highest BCUT2D eigenvalue weighted by Gasteiger charge is 2.28. The van der Waals surface area contributed by atoms with Crippen molar-refractivity contribution in [2.75, 3.05) is 13.1 Å². The molecule has 1 fully saturated rings. The van der Waals surface area contributed by atoms with E-state index >= 15 is 0 Å². The van der Waals surface area contributed by atoms with Crippen molar-refractivity contribution in [2.24, 2.45) is 11.7 Å². The Morgan fingerprint density at radius 1 is 1.53 bits per heavy atom. The maximum Gasteiger partial charge on any atom is 0.239 e.